The van der Waals surface area contributed by atoms with Crippen molar-refractivity contribution in [2.75, 3.05) is 6.54 Å². The fourth-order valence-corrected chi connectivity index (χ4v) is 1.97. The number of hydrogen-bond acceptors (Lipinski definition) is 2. The SMILES string of the molecule is O=C1C[C@H]2CCC[C@H](CN1)N2. The predicted molar refractivity (Wildman–Crippen MR) is 42.2 cm³/mol. The minimum Gasteiger partial charge on any atom is -0.354 e. The fraction of sp³-hybridized carbons (Fsp3) is 0.875. The molecular weight excluding hydrogens is 140 g/mol. The maximum Gasteiger partial charge on any atom is 0.221 e. The molecule has 0 saturated carbocycles. The minimum atomic E-state index is 0.215. The van der Waals surface area contributed by atoms with Crippen LogP contribution in [-0.2, 0) is 4.79 Å². The molecule has 0 aromatic carbocycles. The number of hydrogen-bond donors (Lipinski definition) is 2. The van der Waals surface area contributed by atoms with E-state index in [-0.39, 0.29) is 5.91 Å². The van der Waals surface area contributed by atoms with E-state index >= 15 is 0 Å². The molecule has 0 aromatic heterocycles. The standard InChI is InChI=1S/C8H14N2O/c11-8-4-6-2-1-3-7(10-6)5-9-8/h6-7,10H,1-5H2,(H,9,11)/t6-,7-/m1/s1. The lowest BCUT2D eigenvalue weighted by Gasteiger charge is -2.26. The molecule has 3 heteroatoms. The van der Waals surface area contributed by atoms with Gasteiger partial charge in [-0.2, -0.15) is 0 Å². The molecule has 2 rings (SSSR count). The molecule has 2 aliphatic heterocycles. The van der Waals surface area contributed by atoms with E-state index in [9.17, 15) is 4.79 Å². The van der Waals surface area contributed by atoms with Crippen molar-refractivity contribution in [1.82, 2.24) is 10.6 Å². The van der Waals surface area contributed by atoms with E-state index in [4.69, 9.17) is 0 Å². The molecule has 2 heterocycles. The van der Waals surface area contributed by atoms with Gasteiger partial charge >= 0.3 is 0 Å². The van der Waals surface area contributed by atoms with Crippen LogP contribution in [0.2, 0.25) is 0 Å². The fourth-order valence-electron chi connectivity index (χ4n) is 1.97. The number of piperidine rings is 1. The van der Waals surface area contributed by atoms with Gasteiger partial charge < -0.3 is 10.6 Å². The average molecular weight is 154 g/mol. The van der Waals surface area contributed by atoms with Crippen LogP contribution in [0.25, 0.3) is 0 Å². The lowest BCUT2D eigenvalue weighted by Crippen LogP contribution is -2.43. The van der Waals surface area contributed by atoms with Crippen LogP contribution in [0.1, 0.15) is 25.7 Å². The summed E-state index contributed by atoms with van der Waals surface area (Å²) in [6.07, 6.45) is 4.34. The Balaban J connectivity index is 2.04. The van der Waals surface area contributed by atoms with Crippen molar-refractivity contribution >= 4 is 5.91 Å². The third-order valence-electron chi connectivity index (χ3n) is 2.55. The minimum absolute atomic E-state index is 0.215. The van der Waals surface area contributed by atoms with Crippen LogP contribution in [0.4, 0.5) is 0 Å². The Morgan fingerprint density at radius 3 is 3.00 bits per heavy atom. The summed E-state index contributed by atoms with van der Waals surface area (Å²) < 4.78 is 0. The molecule has 2 bridgehead atoms. The molecular formula is C8H14N2O. The highest BCUT2D eigenvalue weighted by Gasteiger charge is 2.26. The van der Waals surface area contributed by atoms with Gasteiger partial charge in [-0.05, 0) is 12.8 Å². The van der Waals surface area contributed by atoms with Crippen LogP contribution in [0.15, 0.2) is 0 Å². The number of nitrogens with one attached hydrogen (secondary N) is 2. The van der Waals surface area contributed by atoms with Gasteiger partial charge in [-0.25, -0.2) is 0 Å². The highest BCUT2D eigenvalue weighted by molar-refractivity contribution is 5.76. The Labute approximate surface area is 66.5 Å². The Hall–Kier alpha value is -0.570. The van der Waals surface area contributed by atoms with E-state index in [1.807, 2.05) is 0 Å². The number of amides is 1. The number of fused-ring (bicyclic) bond motifs is 2. The summed E-state index contributed by atoms with van der Waals surface area (Å²) >= 11 is 0. The zero-order chi connectivity index (χ0) is 7.68. The van der Waals surface area contributed by atoms with Crippen molar-refractivity contribution in [1.29, 1.82) is 0 Å². The van der Waals surface area contributed by atoms with Crippen LogP contribution in [-0.4, -0.2) is 24.5 Å². The van der Waals surface area contributed by atoms with Crippen LogP contribution in [0.3, 0.4) is 0 Å². The summed E-state index contributed by atoms with van der Waals surface area (Å²) in [5, 5.41) is 6.38. The largest absolute Gasteiger partial charge is 0.354 e. The normalized spacial score (nSPS) is 37.6. The first-order valence-corrected chi connectivity index (χ1v) is 4.37. The van der Waals surface area contributed by atoms with Crippen molar-refractivity contribution in [3.63, 3.8) is 0 Å². The number of carbonyl (C=O) groups is 1. The zero-order valence-corrected chi connectivity index (χ0v) is 6.60. The van der Waals surface area contributed by atoms with Gasteiger partial charge in [-0.15, -0.1) is 0 Å². The molecule has 0 aromatic rings. The predicted octanol–water partition coefficient (Wildman–Crippen LogP) is 0.0170. The van der Waals surface area contributed by atoms with Gasteiger partial charge in [0.25, 0.3) is 0 Å². The summed E-state index contributed by atoms with van der Waals surface area (Å²) in [6, 6.07) is 0.997. The second kappa shape index (κ2) is 2.81. The van der Waals surface area contributed by atoms with Gasteiger partial charge in [0.2, 0.25) is 5.91 Å². The maximum absolute atomic E-state index is 11.1. The van der Waals surface area contributed by atoms with Crippen molar-refractivity contribution in [3.8, 4) is 0 Å². The van der Waals surface area contributed by atoms with E-state index in [0.717, 1.165) is 6.54 Å². The molecule has 2 atom stereocenters. The first kappa shape index (κ1) is 7.10. The Morgan fingerprint density at radius 1 is 1.27 bits per heavy atom. The Kier molecular flexibility index (Phi) is 1.82. The van der Waals surface area contributed by atoms with Gasteiger partial charge in [-0.1, -0.05) is 6.42 Å². The quantitative estimate of drug-likeness (QED) is 0.516. The highest BCUT2D eigenvalue weighted by Crippen LogP contribution is 2.16. The molecule has 62 valence electrons. The molecule has 2 N–H and O–H groups in total. The monoisotopic (exact) mass is 154 g/mol. The van der Waals surface area contributed by atoms with Crippen LogP contribution in [0, 0.1) is 0 Å². The van der Waals surface area contributed by atoms with Gasteiger partial charge in [0, 0.05) is 25.0 Å². The van der Waals surface area contributed by atoms with Crippen molar-refractivity contribution in [3.05, 3.63) is 0 Å². The molecule has 0 radical (unpaired) electrons. The first-order chi connectivity index (χ1) is 5.34. The zero-order valence-electron chi connectivity index (χ0n) is 6.60. The van der Waals surface area contributed by atoms with E-state index in [2.05, 4.69) is 10.6 Å². The third-order valence-corrected chi connectivity index (χ3v) is 2.55. The van der Waals surface area contributed by atoms with Crippen molar-refractivity contribution in [2.24, 2.45) is 0 Å². The molecule has 0 spiro atoms. The van der Waals surface area contributed by atoms with Gasteiger partial charge in [0.1, 0.15) is 0 Å². The van der Waals surface area contributed by atoms with Crippen LogP contribution >= 0.6 is 0 Å². The molecule has 0 aliphatic carbocycles. The van der Waals surface area contributed by atoms with E-state index < -0.39 is 0 Å². The van der Waals surface area contributed by atoms with E-state index in [0.29, 0.717) is 18.5 Å². The molecule has 11 heavy (non-hydrogen) atoms. The summed E-state index contributed by atoms with van der Waals surface area (Å²) in [4.78, 5) is 11.1. The van der Waals surface area contributed by atoms with Crippen LogP contribution < -0.4 is 10.6 Å². The van der Waals surface area contributed by atoms with Gasteiger partial charge in [-0.3, -0.25) is 4.79 Å². The number of rotatable bonds is 0. The van der Waals surface area contributed by atoms with Crippen molar-refractivity contribution in [2.45, 2.75) is 37.8 Å². The smallest absolute Gasteiger partial charge is 0.221 e. The molecule has 3 nitrogen and oxygen atoms in total. The molecule has 2 saturated heterocycles. The lowest BCUT2D eigenvalue weighted by molar-refractivity contribution is -0.121. The third kappa shape index (κ3) is 1.53. The second-order valence-electron chi connectivity index (χ2n) is 3.50. The molecule has 0 unspecified atom stereocenters. The molecule has 1 amide bonds. The van der Waals surface area contributed by atoms with Crippen LogP contribution in [0.5, 0.6) is 0 Å². The summed E-state index contributed by atoms with van der Waals surface area (Å²) in [6.45, 7) is 0.829. The lowest BCUT2D eigenvalue weighted by atomic mass is 9.98. The molecule has 2 fully saturated rings. The van der Waals surface area contributed by atoms with Crippen molar-refractivity contribution < 1.29 is 4.79 Å². The second-order valence-corrected chi connectivity index (χ2v) is 3.50. The number of carbonyl (C=O) groups excluding carboxylic acids is 1. The Morgan fingerprint density at radius 2 is 2.09 bits per heavy atom. The summed E-state index contributed by atoms with van der Waals surface area (Å²) in [5.41, 5.74) is 0. The van der Waals surface area contributed by atoms with Gasteiger partial charge in [0.05, 0.1) is 0 Å². The van der Waals surface area contributed by atoms with Gasteiger partial charge in [0.15, 0.2) is 0 Å². The summed E-state index contributed by atoms with van der Waals surface area (Å²) in [7, 11) is 0. The maximum atomic E-state index is 11.1. The Bertz CT molecular complexity index is 169. The topological polar surface area (TPSA) is 41.1 Å². The summed E-state index contributed by atoms with van der Waals surface area (Å²) in [5.74, 6) is 0.215. The highest BCUT2D eigenvalue weighted by atomic mass is 16.1. The molecule has 2 aliphatic rings. The van der Waals surface area contributed by atoms with E-state index in [1.54, 1.807) is 0 Å². The van der Waals surface area contributed by atoms with E-state index in [1.165, 1.54) is 19.3 Å². The average Bonchev–Trinajstić information content (AvgIpc) is 2.12. The first-order valence-electron chi connectivity index (χ1n) is 4.37.